The van der Waals surface area contributed by atoms with Crippen molar-refractivity contribution < 1.29 is 9.90 Å². The summed E-state index contributed by atoms with van der Waals surface area (Å²) in [5.74, 6) is -0.910. The van der Waals surface area contributed by atoms with Crippen LogP contribution in [0.5, 0.6) is 0 Å². The lowest BCUT2D eigenvalue weighted by atomic mass is 10.0. The third kappa shape index (κ3) is 2.65. The number of thiazole rings is 1. The number of carboxylic acid groups (broad SMARTS) is 1. The van der Waals surface area contributed by atoms with Gasteiger partial charge in [-0.25, -0.2) is 4.98 Å². The number of likely N-dealkylation sites (tertiary alicyclic amines) is 1. The number of carboxylic acids is 1. The molecule has 6 heteroatoms. The zero-order valence-electron chi connectivity index (χ0n) is 9.85. The van der Waals surface area contributed by atoms with E-state index in [9.17, 15) is 4.79 Å². The third-order valence-corrected chi connectivity index (χ3v) is 4.14. The Bertz CT molecular complexity index is 421. The van der Waals surface area contributed by atoms with Gasteiger partial charge in [0.15, 0.2) is 0 Å². The SMILES string of the molecule is CCc1nc(CN2CCC(N)(C(=O)O)C2)cs1. The van der Waals surface area contributed by atoms with Gasteiger partial charge in [-0.3, -0.25) is 9.69 Å². The smallest absolute Gasteiger partial charge is 0.325 e. The molecular weight excluding hydrogens is 238 g/mol. The molecule has 0 spiro atoms. The summed E-state index contributed by atoms with van der Waals surface area (Å²) in [5.41, 5.74) is 5.75. The Kier molecular flexibility index (Phi) is 3.46. The lowest BCUT2D eigenvalue weighted by Crippen LogP contribution is -2.50. The molecule has 1 unspecified atom stereocenters. The van der Waals surface area contributed by atoms with Crippen LogP contribution >= 0.6 is 11.3 Å². The number of aromatic nitrogens is 1. The van der Waals surface area contributed by atoms with Crippen molar-refractivity contribution in [2.45, 2.75) is 31.8 Å². The van der Waals surface area contributed by atoms with E-state index >= 15 is 0 Å². The molecule has 17 heavy (non-hydrogen) atoms. The minimum Gasteiger partial charge on any atom is -0.480 e. The molecule has 1 saturated heterocycles. The van der Waals surface area contributed by atoms with E-state index in [1.54, 1.807) is 11.3 Å². The van der Waals surface area contributed by atoms with Crippen molar-refractivity contribution in [3.63, 3.8) is 0 Å². The highest BCUT2D eigenvalue weighted by molar-refractivity contribution is 7.09. The average molecular weight is 255 g/mol. The maximum Gasteiger partial charge on any atom is 0.325 e. The van der Waals surface area contributed by atoms with Crippen molar-refractivity contribution >= 4 is 17.3 Å². The summed E-state index contributed by atoms with van der Waals surface area (Å²) in [5, 5.41) is 12.2. The van der Waals surface area contributed by atoms with Crippen LogP contribution in [-0.2, 0) is 17.8 Å². The summed E-state index contributed by atoms with van der Waals surface area (Å²) in [4.78, 5) is 17.5. The van der Waals surface area contributed by atoms with Crippen LogP contribution in [0.15, 0.2) is 5.38 Å². The van der Waals surface area contributed by atoms with Gasteiger partial charge in [0, 0.05) is 25.0 Å². The predicted octanol–water partition coefficient (Wildman–Crippen LogP) is 0.693. The van der Waals surface area contributed by atoms with Crippen LogP contribution in [0.25, 0.3) is 0 Å². The molecule has 1 aliphatic rings. The van der Waals surface area contributed by atoms with Crippen molar-refractivity contribution in [1.82, 2.24) is 9.88 Å². The highest BCUT2D eigenvalue weighted by atomic mass is 32.1. The Morgan fingerprint density at radius 1 is 1.76 bits per heavy atom. The Morgan fingerprint density at radius 2 is 2.53 bits per heavy atom. The van der Waals surface area contributed by atoms with Gasteiger partial charge in [0.1, 0.15) is 5.54 Å². The molecule has 1 aromatic rings. The molecule has 1 fully saturated rings. The second-order valence-corrected chi connectivity index (χ2v) is 5.45. The van der Waals surface area contributed by atoms with Crippen LogP contribution in [0.4, 0.5) is 0 Å². The van der Waals surface area contributed by atoms with E-state index < -0.39 is 11.5 Å². The minimum atomic E-state index is -1.08. The summed E-state index contributed by atoms with van der Waals surface area (Å²) in [6.07, 6.45) is 1.45. The number of nitrogens with two attached hydrogens (primary N) is 1. The van der Waals surface area contributed by atoms with Crippen LogP contribution in [0, 0.1) is 0 Å². The summed E-state index contributed by atoms with van der Waals surface area (Å²) in [7, 11) is 0. The molecule has 0 aromatic carbocycles. The quantitative estimate of drug-likeness (QED) is 0.827. The van der Waals surface area contributed by atoms with Crippen LogP contribution < -0.4 is 5.73 Å². The van der Waals surface area contributed by atoms with E-state index in [1.165, 1.54) is 0 Å². The van der Waals surface area contributed by atoms with E-state index in [1.807, 2.05) is 5.38 Å². The van der Waals surface area contributed by atoms with Crippen molar-refractivity contribution in [2.75, 3.05) is 13.1 Å². The first-order valence-electron chi connectivity index (χ1n) is 5.71. The Morgan fingerprint density at radius 3 is 3.06 bits per heavy atom. The summed E-state index contributed by atoms with van der Waals surface area (Å²) >= 11 is 1.65. The largest absolute Gasteiger partial charge is 0.480 e. The summed E-state index contributed by atoms with van der Waals surface area (Å²) in [6, 6.07) is 0. The fraction of sp³-hybridized carbons (Fsp3) is 0.636. The number of carbonyl (C=O) groups is 1. The number of nitrogens with zero attached hydrogens (tertiary/aromatic N) is 2. The molecule has 94 valence electrons. The van der Waals surface area contributed by atoms with Crippen molar-refractivity contribution in [3.8, 4) is 0 Å². The predicted molar refractivity (Wildman–Crippen MR) is 65.9 cm³/mol. The molecule has 1 atom stereocenters. The van der Waals surface area contributed by atoms with Crippen LogP contribution in [0.1, 0.15) is 24.0 Å². The third-order valence-electron chi connectivity index (χ3n) is 3.09. The van der Waals surface area contributed by atoms with Gasteiger partial charge in [-0.15, -0.1) is 11.3 Å². The zero-order valence-corrected chi connectivity index (χ0v) is 10.7. The minimum absolute atomic E-state index is 0.404. The summed E-state index contributed by atoms with van der Waals surface area (Å²) < 4.78 is 0. The molecule has 0 saturated carbocycles. The molecule has 1 aromatic heterocycles. The lowest BCUT2D eigenvalue weighted by Gasteiger charge is -2.19. The Balaban J connectivity index is 1.96. The molecule has 0 radical (unpaired) electrons. The lowest BCUT2D eigenvalue weighted by molar-refractivity contribution is -0.142. The van der Waals surface area contributed by atoms with Crippen LogP contribution in [0.2, 0.25) is 0 Å². The topological polar surface area (TPSA) is 79.5 Å². The number of aryl methyl sites for hydroxylation is 1. The fourth-order valence-corrected chi connectivity index (χ4v) is 2.77. The summed E-state index contributed by atoms with van der Waals surface area (Å²) in [6.45, 7) is 3.90. The molecule has 2 rings (SSSR count). The number of hydrogen-bond donors (Lipinski definition) is 2. The maximum absolute atomic E-state index is 11.0. The van der Waals surface area contributed by atoms with Crippen molar-refractivity contribution in [1.29, 1.82) is 0 Å². The maximum atomic E-state index is 11.0. The van der Waals surface area contributed by atoms with E-state index in [2.05, 4.69) is 16.8 Å². The molecule has 5 nitrogen and oxygen atoms in total. The first-order valence-corrected chi connectivity index (χ1v) is 6.59. The molecule has 0 aliphatic carbocycles. The van der Waals surface area contributed by atoms with E-state index in [4.69, 9.17) is 10.8 Å². The molecule has 1 aliphatic heterocycles. The van der Waals surface area contributed by atoms with Gasteiger partial charge in [-0.1, -0.05) is 6.92 Å². The van der Waals surface area contributed by atoms with Crippen LogP contribution in [-0.4, -0.2) is 39.6 Å². The number of rotatable bonds is 4. The number of aliphatic carboxylic acids is 1. The standard InChI is InChI=1S/C11H17N3O2S/c1-2-9-13-8(6-17-9)5-14-4-3-11(12,7-14)10(15)16/h6H,2-5,7,12H2,1H3,(H,15,16). The Hall–Kier alpha value is -0.980. The molecular formula is C11H17N3O2S. The second kappa shape index (κ2) is 4.72. The normalized spacial score (nSPS) is 25.3. The number of hydrogen-bond acceptors (Lipinski definition) is 5. The zero-order chi connectivity index (χ0) is 12.5. The first kappa shape index (κ1) is 12.5. The molecule has 0 bridgehead atoms. The van der Waals surface area contributed by atoms with Gasteiger partial charge in [0.2, 0.25) is 0 Å². The fourth-order valence-electron chi connectivity index (χ4n) is 2.04. The van der Waals surface area contributed by atoms with Gasteiger partial charge in [-0.05, 0) is 12.8 Å². The average Bonchev–Trinajstić information content (AvgIpc) is 2.87. The van der Waals surface area contributed by atoms with Gasteiger partial charge in [-0.2, -0.15) is 0 Å². The van der Waals surface area contributed by atoms with Gasteiger partial charge >= 0.3 is 5.97 Å². The highest BCUT2D eigenvalue weighted by Gasteiger charge is 2.41. The molecule has 3 N–H and O–H groups in total. The Labute approximate surface area is 104 Å². The molecule has 2 heterocycles. The van der Waals surface area contributed by atoms with E-state index in [0.29, 0.717) is 19.5 Å². The highest BCUT2D eigenvalue weighted by Crippen LogP contribution is 2.21. The van der Waals surface area contributed by atoms with E-state index in [-0.39, 0.29) is 0 Å². The van der Waals surface area contributed by atoms with Crippen LogP contribution in [0.3, 0.4) is 0 Å². The monoisotopic (exact) mass is 255 g/mol. The van der Waals surface area contributed by atoms with Gasteiger partial charge in [0.25, 0.3) is 0 Å². The first-order chi connectivity index (χ1) is 8.03. The van der Waals surface area contributed by atoms with E-state index in [0.717, 1.165) is 23.7 Å². The molecule has 0 amide bonds. The van der Waals surface area contributed by atoms with Crippen molar-refractivity contribution in [2.24, 2.45) is 5.73 Å². The van der Waals surface area contributed by atoms with Gasteiger partial charge in [0.05, 0.1) is 10.7 Å². The second-order valence-electron chi connectivity index (χ2n) is 4.51. The van der Waals surface area contributed by atoms with Crippen molar-refractivity contribution in [3.05, 3.63) is 16.1 Å². The van der Waals surface area contributed by atoms with Gasteiger partial charge < -0.3 is 10.8 Å².